The largest absolute Gasteiger partial charge is 0.480 e. The van der Waals surface area contributed by atoms with Crippen molar-refractivity contribution in [1.82, 2.24) is 25.9 Å². The number of unbranched alkanes of at least 4 members (excludes halogenated alkanes) is 1. The van der Waals surface area contributed by atoms with Crippen LogP contribution in [0.5, 0.6) is 0 Å². The Labute approximate surface area is 193 Å². The summed E-state index contributed by atoms with van der Waals surface area (Å²) in [5.74, 6) is -3.13. The van der Waals surface area contributed by atoms with Crippen molar-refractivity contribution in [3.8, 4) is 0 Å². The molecule has 9 N–H and O–H groups in total. The smallest absolute Gasteiger partial charge is 0.326 e. The van der Waals surface area contributed by atoms with Crippen LogP contribution in [0.25, 0.3) is 0 Å². The molecule has 12 heteroatoms. The number of aromatic nitrogens is 2. The van der Waals surface area contributed by atoms with E-state index < -0.39 is 47.9 Å². The van der Waals surface area contributed by atoms with Crippen molar-refractivity contribution in [2.75, 3.05) is 6.54 Å². The Morgan fingerprint density at radius 3 is 2.33 bits per heavy atom. The first kappa shape index (κ1) is 28.0. The second-order valence-corrected chi connectivity index (χ2v) is 8.17. The zero-order valence-corrected chi connectivity index (χ0v) is 19.5. The van der Waals surface area contributed by atoms with E-state index >= 15 is 0 Å². The highest BCUT2D eigenvalue weighted by Gasteiger charge is 2.30. The number of nitrogens with one attached hydrogen (secondary N) is 4. The van der Waals surface area contributed by atoms with Gasteiger partial charge in [0, 0.05) is 18.3 Å². The summed E-state index contributed by atoms with van der Waals surface area (Å²) < 4.78 is 0. The molecule has 0 fully saturated rings. The van der Waals surface area contributed by atoms with Crippen LogP contribution in [0, 0.1) is 5.92 Å². The molecule has 1 aromatic heterocycles. The van der Waals surface area contributed by atoms with Gasteiger partial charge in [-0.2, -0.15) is 0 Å². The number of amides is 3. The molecule has 0 saturated heterocycles. The highest BCUT2D eigenvalue weighted by Crippen LogP contribution is 2.08. The van der Waals surface area contributed by atoms with Crippen molar-refractivity contribution < 1.29 is 24.3 Å². The maximum atomic E-state index is 12.8. The van der Waals surface area contributed by atoms with Crippen LogP contribution in [0.15, 0.2) is 12.5 Å². The van der Waals surface area contributed by atoms with Gasteiger partial charge in [-0.05, 0) is 38.6 Å². The van der Waals surface area contributed by atoms with Crippen LogP contribution in [0.2, 0.25) is 0 Å². The summed E-state index contributed by atoms with van der Waals surface area (Å²) in [5.41, 5.74) is 12.2. The number of carboxylic acid groups (broad SMARTS) is 1. The second kappa shape index (κ2) is 14.2. The predicted octanol–water partition coefficient (Wildman–Crippen LogP) is -0.986. The Hall–Kier alpha value is -2.99. The van der Waals surface area contributed by atoms with Crippen molar-refractivity contribution in [2.24, 2.45) is 17.4 Å². The lowest BCUT2D eigenvalue weighted by molar-refractivity contribution is -0.143. The highest BCUT2D eigenvalue weighted by atomic mass is 16.4. The highest BCUT2D eigenvalue weighted by molar-refractivity contribution is 5.93. The summed E-state index contributed by atoms with van der Waals surface area (Å²) in [6.07, 6.45) is 5.37. The first-order valence-corrected chi connectivity index (χ1v) is 11.2. The number of nitrogens with zero attached hydrogens (tertiary/aromatic N) is 1. The van der Waals surface area contributed by atoms with E-state index in [1.165, 1.54) is 13.3 Å². The Morgan fingerprint density at radius 2 is 1.79 bits per heavy atom. The zero-order chi connectivity index (χ0) is 25.0. The summed E-state index contributed by atoms with van der Waals surface area (Å²) >= 11 is 0. The number of carboxylic acids is 1. The molecule has 5 atom stereocenters. The minimum Gasteiger partial charge on any atom is -0.480 e. The molecule has 186 valence electrons. The van der Waals surface area contributed by atoms with Crippen LogP contribution in [-0.4, -0.2) is 69.5 Å². The van der Waals surface area contributed by atoms with Crippen LogP contribution in [0.3, 0.4) is 0 Å². The molecular formula is C21H37N7O5. The molecule has 0 spiro atoms. The molecule has 0 aliphatic heterocycles. The number of hydrogen-bond donors (Lipinski definition) is 7. The topological polar surface area (TPSA) is 205 Å². The van der Waals surface area contributed by atoms with Crippen molar-refractivity contribution in [1.29, 1.82) is 0 Å². The summed E-state index contributed by atoms with van der Waals surface area (Å²) in [5, 5.41) is 17.0. The zero-order valence-electron chi connectivity index (χ0n) is 19.5. The fourth-order valence-corrected chi connectivity index (χ4v) is 3.11. The van der Waals surface area contributed by atoms with Gasteiger partial charge in [0.1, 0.15) is 18.1 Å². The average Bonchev–Trinajstić information content (AvgIpc) is 3.28. The number of imidazole rings is 1. The fraction of sp³-hybridized carbons (Fsp3) is 0.667. The van der Waals surface area contributed by atoms with Gasteiger partial charge in [0.2, 0.25) is 17.7 Å². The van der Waals surface area contributed by atoms with Crippen LogP contribution in [0.1, 0.15) is 52.1 Å². The second-order valence-electron chi connectivity index (χ2n) is 8.17. The third-order valence-corrected chi connectivity index (χ3v) is 5.44. The lowest BCUT2D eigenvalue weighted by atomic mass is 9.99. The molecule has 12 nitrogen and oxygen atoms in total. The van der Waals surface area contributed by atoms with Crippen molar-refractivity contribution in [3.05, 3.63) is 18.2 Å². The number of carbonyl (C=O) groups excluding carboxylic acids is 3. The summed E-state index contributed by atoms with van der Waals surface area (Å²) in [6, 6.07) is -3.89. The fourth-order valence-electron chi connectivity index (χ4n) is 3.11. The Bertz CT molecular complexity index is 771. The SMILES string of the molecule is CCC(C)C(NC(=O)C(C)NC(=O)C(CCCCN)NC(=O)C(N)Cc1cnc[nH]1)C(=O)O. The molecule has 0 bridgehead atoms. The molecule has 0 aliphatic rings. The first-order chi connectivity index (χ1) is 15.6. The van der Waals surface area contributed by atoms with Gasteiger partial charge in [0.25, 0.3) is 0 Å². The van der Waals surface area contributed by atoms with E-state index in [9.17, 15) is 24.3 Å². The Kier molecular flexibility index (Phi) is 12.1. The maximum absolute atomic E-state index is 12.8. The van der Waals surface area contributed by atoms with Crippen LogP contribution in [0.4, 0.5) is 0 Å². The van der Waals surface area contributed by atoms with E-state index in [4.69, 9.17) is 11.5 Å². The quantitative estimate of drug-likeness (QED) is 0.159. The van der Waals surface area contributed by atoms with E-state index in [0.29, 0.717) is 37.9 Å². The number of aromatic amines is 1. The molecule has 0 aliphatic carbocycles. The average molecular weight is 468 g/mol. The number of carbonyl (C=O) groups is 4. The van der Waals surface area contributed by atoms with Gasteiger partial charge in [0.15, 0.2) is 0 Å². The first-order valence-electron chi connectivity index (χ1n) is 11.2. The van der Waals surface area contributed by atoms with Gasteiger partial charge in [-0.3, -0.25) is 14.4 Å². The standard InChI is InChI=1S/C21H37N7O5/c1-4-12(2)17(21(32)33)28-18(29)13(3)26-20(31)16(7-5-6-8-22)27-19(30)15(23)9-14-10-24-11-25-14/h10-13,15-17H,4-9,22-23H2,1-3H3,(H,24,25)(H,26,31)(H,27,30)(H,28,29)(H,32,33). The lowest BCUT2D eigenvalue weighted by Crippen LogP contribution is -2.57. The molecule has 0 aromatic carbocycles. The molecule has 1 heterocycles. The van der Waals surface area contributed by atoms with Gasteiger partial charge in [-0.25, -0.2) is 9.78 Å². The monoisotopic (exact) mass is 467 g/mol. The molecule has 1 aromatic rings. The minimum atomic E-state index is -1.14. The molecule has 0 saturated carbocycles. The molecular weight excluding hydrogens is 430 g/mol. The summed E-state index contributed by atoms with van der Waals surface area (Å²) in [7, 11) is 0. The molecule has 33 heavy (non-hydrogen) atoms. The predicted molar refractivity (Wildman–Crippen MR) is 122 cm³/mol. The van der Waals surface area contributed by atoms with Crippen LogP contribution >= 0.6 is 0 Å². The molecule has 3 amide bonds. The minimum absolute atomic E-state index is 0.216. The number of rotatable bonds is 15. The lowest BCUT2D eigenvalue weighted by Gasteiger charge is -2.25. The Morgan fingerprint density at radius 1 is 1.09 bits per heavy atom. The normalized spacial score (nSPS) is 15.5. The van der Waals surface area contributed by atoms with Gasteiger partial charge < -0.3 is 37.5 Å². The van der Waals surface area contributed by atoms with E-state index in [1.807, 2.05) is 6.92 Å². The van der Waals surface area contributed by atoms with Crippen LogP contribution < -0.4 is 27.4 Å². The third kappa shape index (κ3) is 9.58. The van der Waals surface area contributed by atoms with Gasteiger partial charge in [-0.1, -0.05) is 20.3 Å². The van der Waals surface area contributed by atoms with E-state index in [0.717, 1.165) is 0 Å². The molecule has 0 radical (unpaired) electrons. The van der Waals surface area contributed by atoms with Gasteiger partial charge >= 0.3 is 5.97 Å². The van der Waals surface area contributed by atoms with Crippen LogP contribution in [-0.2, 0) is 25.6 Å². The molecule has 1 rings (SSSR count). The van der Waals surface area contributed by atoms with Gasteiger partial charge in [0.05, 0.1) is 12.4 Å². The molecule has 5 unspecified atom stereocenters. The number of hydrogen-bond acceptors (Lipinski definition) is 7. The third-order valence-electron chi connectivity index (χ3n) is 5.44. The van der Waals surface area contributed by atoms with Crippen molar-refractivity contribution >= 4 is 23.7 Å². The number of H-pyrrole nitrogens is 1. The Balaban J connectivity index is 2.76. The number of nitrogens with two attached hydrogens (primary N) is 2. The van der Waals surface area contributed by atoms with Gasteiger partial charge in [-0.15, -0.1) is 0 Å². The summed E-state index contributed by atoms with van der Waals surface area (Å²) in [6.45, 7) is 5.43. The van der Waals surface area contributed by atoms with E-state index in [2.05, 4.69) is 25.9 Å². The van der Waals surface area contributed by atoms with Crippen molar-refractivity contribution in [3.63, 3.8) is 0 Å². The summed E-state index contributed by atoms with van der Waals surface area (Å²) in [4.78, 5) is 56.1. The van der Waals surface area contributed by atoms with E-state index in [1.54, 1.807) is 13.1 Å². The van der Waals surface area contributed by atoms with Crippen molar-refractivity contribution in [2.45, 2.75) is 77.0 Å². The maximum Gasteiger partial charge on any atom is 0.326 e. The number of aliphatic carboxylic acids is 1. The van der Waals surface area contributed by atoms with E-state index in [-0.39, 0.29) is 12.3 Å².